The standard InChI is InChI=1S/C20H21NO3S.C2H6/c22-18(23)11-19(6-7-19)13-25-17-5-10-21-12-16(17)14-1-3-15(4-2-14)20(24)8-9-20;1-2/h1-5,10,12,24H,6-9,11,13H2,(H,22,23);1-2H3. The fraction of sp³-hybridized carbons (Fsp3) is 0.455. The lowest BCUT2D eigenvalue weighted by Crippen LogP contribution is -2.11. The van der Waals surface area contributed by atoms with E-state index in [2.05, 4.69) is 4.98 Å². The van der Waals surface area contributed by atoms with E-state index in [1.54, 1.807) is 18.0 Å². The van der Waals surface area contributed by atoms with Crippen molar-refractivity contribution in [3.8, 4) is 11.1 Å². The van der Waals surface area contributed by atoms with Crippen molar-refractivity contribution < 1.29 is 15.0 Å². The summed E-state index contributed by atoms with van der Waals surface area (Å²) in [7, 11) is 0. The van der Waals surface area contributed by atoms with Crippen LogP contribution in [0.15, 0.2) is 47.6 Å². The maximum atomic E-state index is 11.0. The van der Waals surface area contributed by atoms with Gasteiger partial charge in [-0.15, -0.1) is 11.8 Å². The fourth-order valence-electron chi connectivity index (χ4n) is 3.19. The van der Waals surface area contributed by atoms with Gasteiger partial charge in [-0.1, -0.05) is 38.1 Å². The maximum absolute atomic E-state index is 11.0. The quantitative estimate of drug-likeness (QED) is 0.649. The molecule has 2 N–H and O–H groups in total. The van der Waals surface area contributed by atoms with Crippen molar-refractivity contribution in [2.75, 3.05) is 5.75 Å². The highest BCUT2D eigenvalue weighted by Crippen LogP contribution is 2.52. The van der Waals surface area contributed by atoms with Crippen molar-refractivity contribution in [2.24, 2.45) is 5.41 Å². The Labute approximate surface area is 165 Å². The number of aliphatic carboxylic acids is 1. The molecule has 4 nitrogen and oxygen atoms in total. The molecule has 0 atom stereocenters. The minimum absolute atomic E-state index is 0.0316. The lowest BCUT2D eigenvalue weighted by molar-refractivity contribution is -0.138. The Kier molecular flexibility index (Phi) is 5.92. The number of aromatic nitrogens is 1. The van der Waals surface area contributed by atoms with Gasteiger partial charge in [0.2, 0.25) is 0 Å². The number of carbonyl (C=O) groups is 1. The summed E-state index contributed by atoms with van der Waals surface area (Å²) in [5.74, 6) is 0.121. The summed E-state index contributed by atoms with van der Waals surface area (Å²) in [6, 6.07) is 10.1. The van der Waals surface area contributed by atoms with Gasteiger partial charge >= 0.3 is 5.97 Å². The van der Waals surface area contributed by atoms with Crippen LogP contribution in [0.2, 0.25) is 0 Å². The zero-order chi connectivity index (χ0) is 19.5. The first-order valence-electron chi connectivity index (χ1n) is 9.62. The van der Waals surface area contributed by atoms with Gasteiger partial charge in [-0.3, -0.25) is 9.78 Å². The second-order valence-corrected chi connectivity index (χ2v) is 8.36. The van der Waals surface area contributed by atoms with Crippen LogP contribution >= 0.6 is 11.8 Å². The molecule has 1 aromatic carbocycles. The number of rotatable bonds is 7. The summed E-state index contributed by atoms with van der Waals surface area (Å²) >= 11 is 1.72. The molecule has 2 aliphatic rings. The fourth-order valence-corrected chi connectivity index (χ4v) is 4.53. The Balaban J connectivity index is 0.00000102. The molecule has 0 spiro atoms. The Morgan fingerprint density at radius 1 is 1.11 bits per heavy atom. The Bertz CT molecular complexity index is 795. The van der Waals surface area contributed by atoms with E-state index < -0.39 is 11.6 Å². The minimum atomic E-state index is -0.707. The summed E-state index contributed by atoms with van der Waals surface area (Å²) in [6.45, 7) is 4.00. The van der Waals surface area contributed by atoms with Gasteiger partial charge in [0.1, 0.15) is 0 Å². The summed E-state index contributed by atoms with van der Waals surface area (Å²) in [5, 5.41) is 19.3. The number of thioether (sulfide) groups is 1. The van der Waals surface area contributed by atoms with Gasteiger partial charge < -0.3 is 10.2 Å². The molecule has 144 valence electrons. The van der Waals surface area contributed by atoms with Gasteiger partial charge in [-0.2, -0.15) is 0 Å². The van der Waals surface area contributed by atoms with E-state index in [-0.39, 0.29) is 11.8 Å². The normalized spacial score (nSPS) is 18.2. The van der Waals surface area contributed by atoms with Crippen molar-refractivity contribution in [1.29, 1.82) is 0 Å². The third-order valence-corrected chi connectivity index (χ3v) is 6.68. The molecule has 5 heteroatoms. The Morgan fingerprint density at radius 2 is 1.78 bits per heavy atom. The highest BCUT2D eigenvalue weighted by atomic mass is 32.2. The van der Waals surface area contributed by atoms with Crippen molar-refractivity contribution in [3.63, 3.8) is 0 Å². The molecule has 0 saturated heterocycles. The molecule has 0 unspecified atom stereocenters. The molecule has 0 radical (unpaired) electrons. The zero-order valence-electron chi connectivity index (χ0n) is 15.9. The van der Waals surface area contributed by atoms with Crippen LogP contribution in [0.5, 0.6) is 0 Å². The third kappa shape index (κ3) is 4.71. The van der Waals surface area contributed by atoms with Crippen LogP contribution in [0.4, 0.5) is 0 Å². The van der Waals surface area contributed by atoms with E-state index in [9.17, 15) is 9.90 Å². The topological polar surface area (TPSA) is 70.4 Å². The SMILES string of the molecule is CC.O=C(O)CC1(CSc2ccncc2-c2ccc(C3(O)CC3)cc2)CC1. The molecule has 0 aliphatic heterocycles. The number of nitrogens with zero attached hydrogens (tertiary/aromatic N) is 1. The smallest absolute Gasteiger partial charge is 0.303 e. The van der Waals surface area contributed by atoms with Crippen LogP contribution < -0.4 is 0 Å². The molecular weight excluding hydrogens is 358 g/mol. The van der Waals surface area contributed by atoms with Crippen molar-refractivity contribution in [2.45, 2.75) is 56.4 Å². The van der Waals surface area contributed by atoms with Crippen LogP contribution in [-0.2, 0) is 10.4 Å². The van der Waals surface area contributed by atoms with Crippen molar-refractivity contribution >= 4 is 17.7 Å². The van der Waals surface area contributed by atoms with Crippen LogP contribution in [0.25, 0.3) is 11.1 Å². The van der Waals surface area contributed by atoms with Crippen LogP contribution in [0.1, 0.15) is 51.5 Å². The molecule has 0 amide bonds. The Hall–Kier alpha value is -1.85. The van der Waals surface area contributed by atoms with Crippen molar-refractivity contribution in [1.82, 2.24) is 4.98 Å². The number of aliphatic hydroxyl groups is 1. The van der Waals surface area contributed by atoms with Crippen LogP contribution in [0.3, 0.4) is 0 Å². The Morgan fingerprint density at radius 3 is 2.33 bits per heavy atom. The molecule has 4 rings (SSSR count). The van der Waals surface area contributed by atoms with Crippen molar-refractivity contribution in [3.05, 3.63) is 48.3 Å². The molecule has 2 saturated carbocycles. The van der Waals surface area contributed by atoms with E-state index in [0.717, 1.165) is 53.0 Å². The number of hydrogen-bond acceptors (Lipinski definition) is 4. The third-order valence-electron chi connectivity index (χ3n) is 5.26. The number of carboxylic acid groups (broad SMARTS) is 1. The van der Waals surface area contributed by atoms with E-state index in [1.807, 2.05) is 50.4 Å². The minimum Gasteiger partial charge on any atom is -0.481 e. The van der Waals surface area contributed by atoms with Gasteiger partial charge in [0.25, 0.3) is 0 Å². The summed E-state index contributed by atoms with van der Waals surface area (Å²) in [6.07, 6.45) is 7.58. The molecule has 27 heavy (non-hydrogen) atoms. The van der Waals surface area contributed by atoms with Crippen LogP contribution in [-0.4, -0.2) is 26.9 Å². The summed E-state index contributed by atoms with van der Waals surface area (Å²) in [5.41, 5.74) is 2.48. The van der Waals surface area contributed by atoms with E-state index in [0.29, 0.717) is 0 Å². The van der Waals surface area contributed by atoms with Gasteiger partial charge in [0, 0.05) is 28.6 Å². The van der Waals surface area contributed by atoms with E-state index >= 15 is 0 Å². The molecule has 1 heterocycles. The first kappa shape index (κ1) is 19.9. The number of benzene rings is 1. The predicted octanol–water partition coefficient (Wildman–Crippen LogP) is 5.10. The molecular formula is C22H27NO3S. The predicted molar refractivity (Wildman–Crippen MR) is 109 cm³/mol. The second-order valence-electron chi connectivity index (χ2n) is 7.34. The van der Waals surface area contributed by atoms with E-state index in [4.69, 9.17) is 5.11 Å². The lowest BCUT2D eigenvalue weighted by atomic mass is 10.0. The molecule has 2 aliphatic carbocycles. The van der Waals surface area contributed by atoms with Gasteiger partial charge in [0.05, 0.1) is 12.0 Å². The van der Waals surface area contributed by atoms with Crippen LogP contribution in [0, 0.1) is 5.41 Å². The molecule has 2 fully saturated rings. The second kappa shape index (κ2) is 8.03. The average Bonchev–Trinajstić information content (AvgIpc) is 3.61. The average molecular weight is 386 g/mol. The largest absolute Gasteiger partial charge is 0.481 e. The lowest BCUT2D eigenvalue weighted by Gasteiger charge is -2.15. The van der Waals surface area contributed by atoms with Gasteiger partial charge in [0.15, 0.2) is 0 Å². The van der Waals surface area contributed by atoms with Gasteiger partial charge in [-0.05, 0) is 48.3 Å². The molecule has 0 bridgehead atoms. The summed E-state index contributed by atoms with van der Waals surface area (Å²) < 4.78 is 0. The maximum Gasteiger partial charge on any atom is 0.303 e. The molecule has 1 aromatic heterocycles. The number of pyridine rings is 1. The first-order valence-corrected chi connectivity index (χ1v) is 10.6. The monoisotopic (exact) mass is 385 g/mol. The highest BCUT2D eigenvalue weighted by Gasteiger charge is 2.44. The number of carboxylic acids is 1. The first-order chi connectivity index (χ1) is 13.0. The molecule has 2 aromatic rings. The number of hydrogen-bond donors (Lipinski definition) is 2. The van der Waals surface area contributed by atoms with Gasteiger partial charge in [-0.25, -0.2) is 0 Å². The van der Waals surface area contributed by atoms with E-state index in [1.165, 1.54) is 0 Å². The summed E-state index contributed by atoms with van der Waals surface area (Å²) in [4.78, 5) is 16.4. The zero-order valence-corrected chi connectivity index (χ0v) is 16.8. The highest BCUT2D eigenvalue weighted by molar-refractivity contribution is 7.99.